The molecule has 1 rings (SSSR count). The number of carbonyl (C=O) groups is 2. The predicted molar refractivity (Wildman–Crippen MR) is 72.9 cm³/mol. The van der Waals surface area contributed by atoms with Gasteiger partial charge in [0.15, 0.2) is 11.5 Å². The van der Waals surface area contributed by atoms with Crippen LogP contribution >= 0.6 is 0 Å². The smallest absolute Gasteiger partial charge is 0.303 e. The lowest BCUT2D eigenvalue weighted by atomic mass is 10.2. The Morgan fingerprint density at radius 1 is 1.25 bits per heavy atom. The summed E-state index contributed by atoms with van der Waals surface area (Å²) in [6, 6.07) is 5.38. The summed E-state index contributed by atoms with van der Waals surface area (Å²) in [4.78, 5) is 21.8. The molecule has 0 aliphatic carbocycles. The van der Waals surface area contributed by atoms with Crippen LogP contribution in [0.3, 0.4) is 0 Å². The third-order valence-electron chi connectivity index (χ3n) is 2.58. The van der Waals surface area contributed by atoms with Gasteiger partial charge >= 0.3 is 5.97 Å². The van der Waals surface area contributed by atoms with Gasteiger partial charge in [-0.2, -0.15) is 0 Å². The van der Waals surface area contributed by atoms with E-state index in [4.69, 9.17) is 14.6 Å². The van der Waals surface area contributed by atoms with Crippen molar-refractivity contribution in [2.75, 3.05) is 13.7 Å². The Morgan fingerprint density at radius 3 is 2.60 bits per heavy atom. The summed E-state index contributed by atoms with van der Waals surface area (Å²) in [5.41, 5.74) is 0.856. The van der Waals surface area contributed by atoms with Gasteiger partial charge in [-0.05, 0) is 24.6 Å². The number of carboxylic acid groups (broad SMARTS) is 1. The van der Waals surface area contributed by atoms with E-state index in [0.29, 0.717) is 24.7 Å². The molecule has 1 amide bonds. The van der Waals surface area contributed by atoms with Crippen molar-refractivity contribution in [1.82, 2.24) is 5.32 Å². The molecule has 0 saturated heterocycles. The summed E-state index contributed by atoms with van der Waals surface area (Å²) in [5.74, 6) is -0.0248. The van der Waals surface area contributed by atoms with E-state index in [9.17, 15) is 9.59 Å². The zero-order valence-electron chi connectivity index (χ0n) is 11.6. The first-order valence-electron chi connectivity index (χ1n) is 6.35. The summed E-state index contributed by atoms with van der Waals surface area (Å²) in [6.45, 7) is 2.75. The monoisotopic (exact) mass is 281 g/mol. The summed E-state index contributed by atoms with van der Waals surface area (Å²) >= 11 is 0. The van der Waals surface area contributed by atoms with Crippen LogP contribution < -0.4 is 14.8 Å². The SMILES string of the molecule is CCOc1ccc(CNC(=O)CCC(=O)O)cc1OC. The zero-order chi connectivity index (χ0) is 15.0. The van der Waals surface area contributed by atoms with Gasteiger partial charge in [0.1, 0.15) is 0 Å². The Bertz CT molecular complexity index is 473. The molecule has 110 valence electrons. The Hall–Kier alpha value is -2.24. The molecule has 2 N–H and O–H groups in total. The van der Waals surface area contributed by atoms with E-state index in [2.05, 4.69) is 5.32 Å². The summed E-state index contributed by atoms with van der Waals surface area (Å²) in [5, 5.41) is 11.1. The number of carbonyl (C=O) groups excluding carboxylic acids is 1. The second-order valence-electron chi connectivity index (χ2n) is 4.09. The molecule has 0 bridgehead atoms. The van der Waals surface area contributed by atoms with Gasteiger partial charge in [0.25, 0.3) is 0 Å². The third-order valence-corrected chi connectivity index (χ3v) is 2.58. The maximum atomic E-state index is 11.4. The Labute approximate surface area is 117 Å². The molecule has 0 aliphatic heterocycles. The van der Waals surface area contributed by atoms with Crippen molar-refractivity contribution in [2.45, 2.75) is 26.3 Å². The first-order chi connectivity index (χ1) is 9.56. The molecule has 0 aromatic heterocycles. The van der Waals surface area contributed by atoms with Gasteiger partial charge in [0.05, 0.1) is 20.1 Å². The van der Waals surface area contributed by atoms with E-state index in [1.54, 1.807) is 19.2 Å². The van der Waals surface area contributed by atoms with Gasteiger partial charge in [-0.1, -0.05) is 6.07 Å². The lowest BCUT2D eigenvalue weighted by Crippen LogP contribution is -2.23. The minimum atomic E-state index is -0.983. The second kappa shape index (κ2) is 8.04. The maximum absolute atomic E-state index is 11.4. The van der Waals surface area contributed by atoms with Crippen LogP contribution in [0.15, 0.2) is 18.2 Å². The van der Waals surface area contributed by atoms with Crippen molar-refractivity contribution >= 4 is 11.9 Å². The fraction of sp³-hybridized carbons (Fsp3) is 0.429. The van der Waals surface area contributed by atoms with Gasteiger partial charge in [0, 0.05) is 13.0 Å². The molecular weight excluding hydrogens is 262 g/mol. The Balaban J connectivity index is 2.55. The van der Waals surface area contributed by atoms with Crippen molar-refractivity contribution in [3.8, 4) is 11.5 Å². The standard InChI is InChI=1S/C14H19NO5/c1-3-20-11-5-4-10(8-12(11)19-2)9-15-13(16)6-7-14(17)18/h4-5,8H,3,6-7,9H2,1-2H3,(H,15,16)(H,17,18). The molecule has 1 aromatic carbocycles. The highest BCUT2D eigenvalue weighted by Crippen LogP contribution is 2.27. The van der Waals surface area contributed by atoms with Crippen molar-refractivity contribution in [1.29, 1.82) is 0 Å². The van der Waals surface area contributed by atoms with Crippen molar-refractivity contribution in [2.24, 2.45) is 0 Å². The van der Waals surface area contributed by atoms with Crippen molar-refractivity contribution < 1.29 is 24.2 Å². The fourth-order valence-corrected chi connectivity index (χ4v) is 1.61. The van der Waals surface area contributed by atoms with Gasteiger partial charge in [0.2, 0.25) is 5.91 Å². The van der Waals surface area contributed by atoms with Gasteiger partial charge in [-0.15, -0.1) is 0 Å². The molecule has 0 radical (unpaired) electrons. The molecule has 6 nitrogen and oxygen atoms in total. The highest BCUT2D eigenvalue weighted by molar-refractivity contribution is 5.80. The van der Waals surface area contributed by atoms with Crippen LogP contribution in [-0.4, -0.2) is 30.7 Å². The number of rotatable bonds is 8. The van der Waals surface area contributed by atoms with E-state index >= 15 is 0 Å². The van der Waals surface area contributed by atoms with Crippen molar-refractivity contribution in [3.05, 3.63) is 23.8 Å². The number of hydrogen-bond acceptors (Lipinski definition) is 4. The van der Waals surface area contributed by atoms with Crippen LogP contribution in [0.4, 0.5) is 0 Å². The van der Waals surface area contributed by atoms with E-state index in [1.807, 2.05) is 13.0 Å². The molecule has 0 unspecified atom stereocenters. The highest BCUT2D eigenvalue weighted by atomic mass is 16.5. The number of amides is 1. The van der Waals surface area contributed by atoms with Crippen LogP contribution in [0.5, 0.6) is 11.5 Å². The van der Waals surface area contributed by atoms with Crippen LogP contribution in [-0.2, 0) is 16.1 Å². The minimum Gasteiger partial charge on any atom is -0.493 e. The van der Waals surface area contributed by atoms with Crippen LogP contribution in [0.2, 0.25) is 0 Å². The molecule has 20 heavy (non-hydrogen) atoms. The lowest BCUT2D eigenvalue weighted by molar-refractivity contribution is -0.138. The van der Waals surface area contributed by atoms with E-state index < -0.39 is 5.97 Å². The molecule has 0 saturated carbocycles. The molecule has 0 fully saturated rings. The summed E-state index contributed by atoms with van der Waals surface area (Å²) < 4.78 is 10.6. The number of benzene rings is 1. The summed E-state index contributed by atoms with van der Waals surface area (Å²) in [6.07, 6.45) is -0.193. The number of ether oxygens (including phenoxy) is 2. The first-order valence-corrected chi connectivity index (χ1v) is 6.35. The average Bonchev–Trinajstić information content (AvgIpc) is 2.44. The molecule has 0 atom stereocenters. The lowest BCUT2D eigenvalue weighted by Gasteiger charge is -2.11. The zero-order valence-corrected chi connectivity index (χ0v) is 11.6. The van der Waals surface area contributed by atoms with Gasteiger partial charge in [-0.25, -0.2) is 0 Å². The minimum absolute atomic E-state index is 0.0243. The van der Waals surface area contributed by atoms with Gasteiger partial charge < -0.3 is 19.9 Å². The van der Waals surface area contributed by atoms with E-state index in [0.717, 1.165) is 5.56 Å². The van der Waals surface area contributed by atoms with Crippen LogP contribution in [0.25, 0.3) is 0 Å². The quantitative estimate of drug-likeness (QED) is 0.755. The molecule has 6 heteroatoms. The number of methoxy groups -OCH3 is 1. The molecule has 0 aliphatic rings. The van der Waals surface area contributed by atoms with Gasteiger partial charge in [-0.3, -0.25) is 9.59 Å². The molecule has 0 spiro atoms. The maximum Gasteiger partial charge on any atom is 0.303 e. The van der Waals surface area contributed by atoms with E-state index in [1.165, 1.54) is 0 Å². The fourth-order valence-electron chi connectivity index (χ4n) is 1.61. The van der Waals surface area contributed by atoms with E-state index in [-0.39, 0.29) is 18.7 Å². The molecule has 1 aromatic rings. The number of carboxylic acids is 1. The van der Waals surface area contributed by atoms with Crippen LogP contribution in [0.1, 0.15) is 25.3 Å². The number of nitrogens with one attached hydrogen (secondary N) is 1. The first kappa shape index (κ1) is 15.8. The topological polar surface area (TPSA) is 84.9 Å². The number of hydrogen-bond donors (Lipinski definition) is 2. The Morgan fingerprint density at radius 2 is 2.00 bits per heavy atom. The largest absolute Gasteiger partial charge is 0.493 e. The highest BCUT2D eigenvalue weighted by Gasteiger charge is 2.08. The normalized spacial score (nSPS) is 9.90. The Kier molecular flexibility index (Phi) is 6.36. The second-order valence-corrected chi connectivity index (χ2v) is 4.09. The molecule has 0 heterocycles. The van der Waals surface area contributed by atoms with Crippen molar-refractivity contribution in [3.63, 3.8) is 0 Å². The average molecular weight is 281 g/mol. The van der Waals surface area contributed by atoms with Crippen LogP contribution in [0, 0.1) is 0 Å². The predicted octanol–water partition coefficient (Wildman–Crippen LogP) is 1.57. The molecular formula is C14H19NO5. The third kappa shape index (κ3) is 5.17. The summed E-state index contributed by atoms with van der Waals surface area (Å²) in [7, 11) is 1.55. The number of aliphatic carboxylic acids is 1.